The summed E-state index contributed by atoms with van der Waals surface area (Å²) in [6.45, 7) is 3.81. The monoisotopic (exact) mass is 293 g/mol. The van der Waals surface area contributed by atoms with Crippen molar-refractivity contribution in [1.29, 1.82) is 0 Å². The van der Waals surface area contributed by atoms with Crippen molar-refractivity contribution in [3.8, 4) is 11.8 Å². The Labute approximate surface area is 125 Å². The normalized spacial score (nSPS) is 14.3. The van der Waals surface area contributed by atoms with Gasteiger partial charge < -0.3 is 9.84 Å². The summed E-state index contributed by atoms with van der Waals surface area (Å²) in [6.07, 6.45) is 3.25. The Hall–Kier alpha value is -0.860. The van der Waals surface area contributed by atoms with Crippen molar-refractivity contribution in [2.24, 2.45) is 5.92 Å². The summed E-state index contributed by atoms with van der Waals surface area (Å²) in [5.41, 5.74) is 0. The summed E-state index contributed by atoms with van der Waals surface area (Å²) < 4.78 is 5.65. The minimum absolute atomic E-state index is 0.134. The molecule has 0 aromatic carbocycles. The molecule has 4 heteroatoms. The van der Waals surface area contributed by atoms with Crippen LogP contribution in [0.2, 0.25) is 0 Å². The first kappa shape index (κ1) is 15.5. The molecule has 0 saturated heterocycles. The fraction of sp³-hybridized carbons (Fsp3) is 0.625. The molecule has 0 bridgehead atoms. The Morgan fingerprint density at radius 1 is 1.45 bits per heavy atom. The van der Waals surface area contributed by atoms with E-state index >= 15 is 0 Å². The zero-order valence-corrected chi connectivity index (χ0v) is 12.9. The highest BCUT2D eigenvalue weighted by Crippen LogP contribution is 2.28. The van der Waals surface area contributed by atoms with Crippen LogP contribution in [0, 0.1) is 17.8 Å². The van der Waals surface area contributed by atoms with Gasteiger partial charge in [0.05, 0.1) is 18.1 Å². The van der Waals surface area contributed by atoms with E-state index in [1.54, 1.807) is 11.3 Å². The minimum atomic E-state index is 0.134. The van der Waals surface area contributed by atoms with Crippen molar-refractivity contribution in [3.05, 3.63) is 21.9 Å². The van der Waals surface area contributed by atoms with Gasteiger partial charge in [0.1, 0.15) is 0 Å². The molecule has 1 aliphatic rings. The number of hydrogen-bond acceptors (Lipinski definition) is 4. The van der Waals surface area contributed by atoms with Crippen LogP contribution in [0.15, 0.2) is 12.1 Å². The quantitative estimate of drug-likeness (QED) is 0.590. The molecule has 1 fully saturated rings. The molecular formula is C16H23NO2S. The largest absolute Gasteiger partial charge is 0.395 e. The summed E-state index contributed by atoms with van der Waals surface area (Å²) in [4.78, 5) is 4.68. The minimum Gasteiger partial charge on any atom is -0.395 e. The molecule has 1 heterocycles. The fourth-order valence-corrected chi connectivity index (χ4v) is 2.80. The molecule has 1 N–H and O–H groups in total. The summed E-state index contributed by atoms with van der Waals surface area (Å²) in [5.74, 6) is 6.87. The van der Waals surface area contributed by atoms with Gasteiger partial charge in [0.15, 0.2) is 0 Å². The van der Waals surface area contributed by atoms with Gasteiger partial charge in [-0.1, -0.05) is 11.8 Å². The average Bonchev–Trinajstić information content (AvgIpc) is 3.16. The van der Waals surface area contributed by atoms with Crippen LogP contribution in [-0.2, 0) is 11.3 Å². The van der Waals surface area contributed by atoms with Crippen LogP contribution in [0.1, 0.15) is 29.0 Å². The maximum absolute atomic E-state index is 8.69. The predicted molar refractivity (Wildman–Crippen MR) is 82.8 cm³/mol. The van der Waals surface area contributed by atoms with Gasteiger partial charge >= 0.3 is 0 Å². The Morgan fingerprint density at radius 3 is 3.05 bits per heavy atom. The van der Waals surface area contributed by atoms with Gasteiger partial charge in [-0.3, -0.25) is 4.90 Å². The van der Waals surface area contributed by atoms with Gasteiger partial charge in [0, 0.05) is 31.0 Å². The smallest absolute Gasteiger partial charge is 0.0771 e. The number of ether oxygens (including phenoxy) is 1. The molecule has 3 nitrogen and oxygen atoms in total. The first-order valence-electron chi connectivity index (χ1n) is 7.22. The number of aliphatic hydroxyl groups excluding tert-OH is 1. The van der Waals surface area contributed by atoms with Gasteiger partial charge in [-0.2, -0.15) is 0 Å². The topological polar surface area (TPSA) is 32.7 Å². The highest BCUT2D eigenvalue weighted by Gasteiger charge is 2.20. The number of aliphatic hydroxyl groups is 1. The van der Waals surface area contributed by atoms with E-state index in [0.717, 1.165) is 37.1 Å². The third kappa shape index (κ3) is 6.06. The van der Waals surface area contributed by atoms with Crippen molar-refractivity contribution in [1.82, 2.24) is 4.90 Å². The van der Waals surface area contributed by atoms with E-state index in [1.165, 1.54) is 17.7 Å². The Balaban J connectivity index is 1.65. The lowest BCUT2D eigenvalue weighted by atomic mass is 10.4. The van der Waals surface area contributed by atoms with Crippen LogP contribution < -0.4 is 0 Å². The molecule has 1 saturated carbocycles. The lowest BCUT2D eigenvalue weighted by Crippen LogP contribution is -2.22. The molecule has 0 amide bonds. The standard InChI is InChI=1S/C16H23NO2S/c1-17(9-11-19-13-14-5-6-14)12-16-8-7-15(20-16)4-2-3-10-18/h7-8,14,18H,3,5-6,9-13H2,1H3. The lowest BCUT2D eigenvalue weighted by molar-refractivity contribution is 0.102. The van der Waals surface area contributed by atoms with Gasteiger partial charge in [0.2, 0.25) is 0 Å². The molecular weight excluding hydrogens is 270 g/mol. The van der Waals surface area contributed by atoms with Crippen LogP contribution >= 0.6 is 11.3 Å². The lowest BCUT2D eigenvalue weighted by Gasteiger charge is -2.15. The molecule has 110 valence electrons. The fourth-order valence-electron chi connectivity index (χ4n) is 1.84. The van der Waals surface area contributed by atoms with Crippen LogP contribution in [-0.4, -0.2) is 43.4 Å². The molecule has 2 rings (SSSR count). The molecule has 0 aliphatic heterocycles. The van der Waals surface area contributed by atoms with Crippen molar-refractivity contribution >= 4 is 11.3 Å². The molecule has 0 unspecified atom stereocenters. The average molecular weight is 293 g/mol. The van der Waals surface area contributed by atoms with Gasteiger partial charge in [-0.25, -0.2) is 0 Å². The summed E-state index contributed by atoms with van der Waals surface area (Å²) >= 11 is 1.73. The van der Waals surface area contributed by atoms with E-state index < -0.39 is 0 Å². The van der Waals surface area contributed by atoms with E-state index in [9.17, 15) is 0 Å². The van der Waals surface area contributed by atoms with Gasteiger partial charge in [-0.15, -0.1) is 11.3 Å². The van der Waals surface area contributed by atoms with E-state index in [-0.39, 0.29) is 6.61 Å². The van der Waals surface area contributed by atoms with Crippen LogP contribution in [0.25, 0.3) is 0 Å². The van der Waals surface area contributed by atoms with E-state index in [0.29, 0.717) is 6.42 Å². The number of nitrogens with zero attached hydrogens (tertiary/aromatic N) is 1. The third-order valence-electron chi connectivity index (χ3n) is 3.20. The second kappa shape index (κ2) is 8.43. The third-order valence-corrected chi connectivity index (χ3v) is 4.19. The number of rotatable bonds is 8. The van der Waals surface area contributed by atoms with Crippen molar-refractivity contribution in [2.45, 2.75) is 25.8 Å². The second-order valence-electron chi connectivity index (χ2n) is 5.30. The number of thiophene rings is 1. The molecule has 0 spiro atoms. The van der Waals surface area contributed by atoms with Crippen molar-refractivity contribution in [2.75, 3.05) is 33.4 Å². The number of likely N-dealkylation sites (N-methyl/N-ethyl adjacent to an activating group) is 1. The van der Waals surface area contributed by atoms with E-state index in [2.05, 4.69) is 35.9 Å². The van der Waals surface area contributed by atoms with Crippen LogP contribution in [0.4, 0.5) is 0 Å². The Morgan fingerprint density at radius 2 is 2.30 bits per heavy atom. The number of hydrogen-bond donors (Lipinski definition) is 1. The SMILES string of the molecule is CN(CCOCC1CC1)Cc1ccc(C#CCCO)s1. The zero-order chi connectivity index (χ0) is 14.2. The summed E-state index contributed by atoms with van der Waals surface area (Å²) in [6, 6.07) is 4.19. The van der Waals surface area contributed by atoms with Crippen molar-refractivity contribution < 1.29 is 9.84 Å². The predicted octanol–water partition coefficient (Wildman–Crippen LogP) is 2.34. The zero-order valence-electron chi connectivity index (χ0n) is 12.1. The molecule has 1 aromatic rings. The van der Waals surface area contributed by atoms with Crippen molar-refractivity contribution in [3.63, 3.8) is 0 Å². The summed E-state index contributed by atoms with van der Waals surface area (Å²) in [5, 5.41) is 8.69. The Kier molecular flexibility index (Phi) is 6.55. The molecule has 0 atom stereocenters. The maximum Gasteiger partial charge on any atom is 0.0771 e. The summed E-state index contributed by atoms with van der Waals surface area (Å²) in [7, 11) is 2.12. The van der Waals surface area contributed by atoms with Gasteiger partial charge in [0.25, 0.3) is 0 Å². The molecule has 1 aliphatic carbocycles. The molecule has 0 radical (unpaired) electrons. The maximum atomic E-state index is 8.69. The van der Waals surface area contributed by atoms with E-state index in [1.807, 2.05) is 0 Å². The highest BCUT2D eigenvalue weighted by atomic mass is 32.1. The van der Waals surface area contributed by atoms with Crippen LogP contribution in [0.5, 0.6) is 0 Å². The Bertz CT molecular complexity index is 457. The second-order valence-corrected chi connectivity index (χ2v) is 6.47. The van der Waals surface area contributed by atoms with Gasteiger partial charge in [-0.05, 0) is 37.9 Å². The first-order valence-corrected chi connectivity index (χ1v) is 8.04. The van der Waals surface area contributed by atoms with E-state index in [4.69, 9.17) is 9.84 Å². The molecule has 1 aromatic heterocycles. The first-order chi connectivity index (χ1) is 9.78. The van der Waals surface area contributed by atoms with Crippen LogP contribution in [0.3, 0.4) is 0 Å². The molecule has 20 heavy (non-hydrogen) atoms. The highest BCUT2D eigenvalue weighted by molar-refractivity contribution is 7.12.